The van der Waals surface area contributed by atoms with Crippen LogP contribution >= 0.6 is 11.6 Å². The van der Waals surface area contributed by atoms with E-state index in [0.29, 0.717) is 22.8 Å². The van der Waals surface area contributed by atoms with Crippen LogP contribution in [0.3, 0.4) is 0 Å². The number of carbonyl (C=O) groups is 1. The van der Waals surface area contributed by atoms with Gasteiger partial charge < -0.3 is 14.4 Å². The summed E-state index contributed by atoms with van der Waals surface area (Å²) < 4.78 is 6.97. The van der Waals surface area contributed by atoms with E-state index in [9.17, 15) is 9.90 Å². The summed E-state index contributed by atoms with van der Waals surface area (Å²) in [7, 11) is 1.44. The predicted molar refractivity (Wildman–Crippen MR) is 83.8 cm³/mol. The van der Waals surface area contributed by atoms with Gasteiger partial charge in [0.25, 0.3) is 0 Å². The molecule has 1 aromatic heterocycles. The van der Waals surface area contributed by atoms with Crippen LogP contribution in [-0.2, 0) is 6.54 Å². The third-order valence-electron chi connectivity index (χ3n) is 3.49. The number of hydrogen-bond acceptors (Lipinski definition) is 3. The van der Waals surface area contributed by atoms with Gasteiger partial charge >= 0.3 is 5.97 Å². The number of imidazole rings is 1. The number of hydrogen-bond donors (Lipinski definition) is 1. The molecule has 0 aliphatic heterocycles. The molecule has 112 valence electrons. The zero-order valence-corrected chi connectivity index (χ0v) is 12.5. The van der Waals surface area contributed by atoms with Gasteiger partial charge in [-0.15, -0.1) is 0 Å². The number of halogens is 1. The Labute approximate surface area is 131 Å². The molecule has 0 aliphatic rings. The fourth-order valence-corrected chi connectivity index (χ4v) is 2.62. The number of carboxylic acids is 1. The number of ether oxygens (including phenoxy) is 1. The molecule has 0 atom stereocenters. The van der Waals surface area contributed by atoms with Crippen LogP contribution in [0.25, 0.3) is 11.0 Å². The summed E-state index contributed by atoms with van der Waals surface area (Å²) in [6, 6.07) is 11.0. The summed E-state index contributed by atoms with van der Waals surface area (Å²) in [5, 5.41) is 10.1. The highest BCUT2D eigenvalue weighted by atomic mass is 35.5. The van der Waals surface area contributed by atoms with Gasteiger partial charge in [0, 0.05) is 5.02 Å². The van der Waals surface area contributed by atoms with Crippen LogP contribution in [0, 0.1) is 0 Å². The molecule has 0 saturated carbocycles. The Bertz CT molecular complexity index is 858. The van der Waals surface area contributed by atoms with Crippen molar-refractivity contribution in [3.63, 3.8) is 0 Å². The average molecular weight is 317 g/mol. The highest BCUT2D eigenvalue weighted by Crippen LogP contribution is 2.28. The van der Waals surface area contributed by atoms with Crippen LogP contribution < -0.4 is 4.74 Å². The number of aromatic carboxylic acids is 1. The number of rotatable bonds is 4. The van der Waals surface area contributed by atoms with Crippen molar-refractivity contribution in [2.75, 3.05) is 7.11 Å². The number of aromatic nitrogens is 2. The number of methoxy groups -OCH3 is 1. The number of nitrogens with zero attached hydrogens (tertiary/aromatic N) is 2. The van der Waals surface area contributed by atoms with Crippen LogP contribution in [-0.4, -0.2) is 27.7 Å². The lowest BCUT2D eigenvalue weighted by Gasteiger charge is -2.08. The lowest BCUT2D eigenvalue weighted by molar-refractivity contribution is 0.0695. The van der Waals surface area contributed by atoms with Gasteiger partial charge in [0.15, 0.2) is 0 Å². The second-order valence-corrected chi connectivity index (χ2v) is 5.19. The summed E-state index contributed by atoms with van der Waals surface area (Å²) in [6.45, 7) is 0.515. The van der Waals surface area contributed by atoms with Crippen molar-refractivity contribution >= 4 is 28.6 Å². The van der Waals surface area contributed by atoms with Crippen molar-refractivity contribution in [2.45, 2.75) is 6.54 Å². The maximum atomic E-state index is 11.5. The van der Waals surface area contributed by atoms with E-state index in [1.54, 1.807) is 18.5 Å². The molecule has 0 bridgehead atoms. The summed E-state index contributed by atoms with van der Waals surface area (Å²) in [5.74, 6) is -0.770. The zero-order valence-electron chi connectivity index (χ0n) is 11.8. The number of carboxylic acid groups (broad SMARTS) is 1. The normalized spacial score (nSPS) is 10.8. The first kappa shape index (κ1) is 14.4. The predicted octanol–water partition coefficient (Wildman–Crippen LogP) is 3.44. The second-order valence-electron chi connectivity index (χ2n) is 4.78. The molecule has 5 nitrogen and oxygen atoms in total. The highest BCUT2D eigenvalue weighted by Gasteiger charge is 2.19. The van der Waals surface area contributed by atoms with Crippen LogP contribution in [0.1, 0.15) is 15.9 Å². The molecule has 22 heavy (non-hydrogen) atoms. The monoisotopic (exact) mass is 316 g/mol. The Morgan fingerprint density at radius 2 is 2.09 bits per heavy atom. The third kappa shape index (κ3) is 2.40. The molecule has 0 amide bonds. The van der Waals surface area contributed by atoms with E-state index < -0.39 is 5.97 Å². The summed E-state index contributed by atoms with van der Waals surface area (Å²) in [6.07, 6.45) is 1.61. The quantitative estimate of drug-likeness (QED) is 0.800. The minimum atomic E-state index is -1.06. The van der Waals surface area contributed by atoms with Crippen molar-refractivity contribution in [1.82, 2.24) is 9.55 Å². The van der Waals surface area contributed by atoms with Gasteiger partial charge in [-0.1, -0.05) is 29.8 Å². The first-order valence-electron chi connectivity index (χ1n) is 6.60. The fraction of sp³-hybridized carbons (Fsp3) is 0.125. The highest BCUT2D eigenvalue weighted by molar-refractivity contribution is 6.31. The molecular formula is C16H13ClN2O3. The van der Waals surface area contributed by atoms with Gasteiger partial charge in [0.05, 0.1) is 25.5 Å². The Morgan fingerprint density at radius 1 is 1.32 bits per heavy atom. The number of benzene rings is 2. The molecular weight excluding hydrogens is 304 g/mol. The van der Waals surface area contributed by atoms with Crippen molar-refractivity contribution in [3.05, 3.63) is 58.9 Å². The minimum absolute atomic E-state index is 0.0675. The van der Waals surface area contributed by atoms with E-state index >= 15 is 0 Å². The lowest BCUT2D eigenvalue weighted by Crippen LogP contribution is -2.03. The topological polar surface area (TPSA) is 64.4 Å². The van der Waals surface area contributed by atoms with E-state index in [1.807, 2.05) is 28.8 Å². The fourth-order valence-electron chi connectivity index (χ4n) is 2.43. The van der Waals surface area contributed by atoms with Gasteiger partial charge in [0.2, 0.25) is 0 Å². The Hall–Kier alpha value is -2.53. The van der Waals surface area contributed by atoms with E-state index in [-0.39, 0.29) is 5.56 Å². The molecule has 3 rings (SSSR count). The van der Waals surface area contributed by atoms with Crippen LogP contribution in [0.5, 0.6) is 5.75 Å². The van der Waals surface area contributed by atoms with Gasteiger partial charge in [-0.05, 0) is 23.8 Å². The molecule has 1 heterocycles. The Morgan fingerprint density at radius 3 is 2.77 bits per heavy atom. The molecule has 0 saturated heterocycles. The molecule has 0 radical (unpaired) electrons. The summed E-state index contributed by atoms with van der Waals surface area (Å²) in [5.41, 5.74) is 2.13. The molecule has 0 unspecified atom stereocenters. The smallest absolute Gasteiger partial charge is 0.341 e. The average Bonchev–Trinajstić information content (AvgIpc) is 2.91. The molecule has 3 aromatic rings. The zero-order chi connectivity index (χ0) is 15.7. The third-order valence-corrected chi connectivity index (χ3v) is 3.86. The Kier molecular flexibility index (Phi) is 3.73. The van der Waals surface area contributed by atoms with Gasteiger partial charge in [0.1, 0.15) is 16.8 Å². The molecule has 1 N–H and O–H groups in total. The molecule has 2 aromatic carbocycles. The first-order valence-corrected chi connectivity index (χ1v) is 6.98. The largest absolute Gasteiger partial charge is 0.496 e. The maximum absolute atomic E-state index is 11.5. The Balaban J connectivity index is 2.12. The van der Waals surface area contributed by atoms with Crippen molar-refractivity contribution in [1.29, 1.82) is 0 Å². The molecule has 0 aliphatic carbocycles. The van der Waals surface area contributed by atoms with E-state index in [2.05, 4.69) is 4.98 Å². The summed E-state index contributed by atoms with van der Waals surface area (Å²) in [4.78, 5) is 15.7. The van der Waals surface area contributed by atoms with E-state index in [4.69, 9.17) is 16.3 Å². The lowest BCUT2D eigenvalue weighted by atomic mass is 10.1. The standard InChI is InChI=1S/C16H13ClN2O3/c1-22-13-7-6-12-15(14(13)16(20)21)18-9-19(12)8-10-4-2-3-5-11(10)17/h2-7,9H,8H2,1H3,(H,20,21). The molecule has 0 fully saturated rings. The van der Waals surface area contributed by atoms with Crippen molar-refractivity contribution in [3.8, 4) is 5.75 Å². The second kappa shape index (κ2) is 5.69. The molecule has 6 heteroatoms. The number of fused-ring (bicyclic) bond motifs is 1. The van der Waals surface area contributed by atoms with Gasteiger partial charge in [-0.3, -0.25) is 0 Å². The maximum Gasteiger partial charge on any atom is 0.341 e. The van der Waals surface area contributed by atoms with E-state index in [1.165, 1.54) is 7.11 Å². The van der Waals surface area contributed by atoms with Gasteiger partial charge in [-0.25, -0.2) is 9.78 Å². The van der Waals surface area contributed by atoms with Crippen LogP contribution in [0.15, 0.2) is 42.7 Å². The van der Waals surface area contributed by atoms with Crippen LogP contribution in [0.4, 0.5) is 0 Å². The molecule has 0 spiro atoms. The summed E-state index contributed by atoms with van der Waals surface area (Å²) >= 11 is 6.17. The van der Waals surface area contributed by atoms with E-state index in [0.717, 1.165) is 11.1 Å². The first-order chi connectivity index (χ1) is 10.6. The van der Waals surface area contributed by atoms with Crippen molar-refractivity contribution < 1.29 is 14.6 Å². The van der Waals surface area contributed by atoms with Crippen molar-refractivity contribution in [2.24, 2.45) is 0 Å². The minimum Gasteiger partial charge on any atom is -0.496 e. The van der Waals surface area contributed by atoms with Gasteiger partial charge in [-0.2, -0.15) is 0 Å². The van der Waals surface area contributed by atoms with Crippen LogP contribution in [0.2, 0.25) is 5.02 Å². The SMILES string of the molecule is COc1ccc2c(ncn2Cc2ccccc2Cl)c1C(=O)O.